The first-order chi connectivity index (χ1) is 7.06. The van der Waals surface area contributed by atoms with Crippen molar-refractivity contribution in [1.29, 1.82) is 0 Å². The van der Waals surface area contributed by atoms with Crippen molar-refractivity contribution in [3.05, 3.63) is 24.3 Å². The molecule has 93 valence electrons. The predicted molar refractivity (Wildman–Crippen MR) is 65.7 cm³/mol. The molecule has 16 heavy (non-hydrogen) atoms. The van der Waals surface area contributed by atoms with Crippen molar-refractivity contribution < 1.29 is 26.0 Å². The van der Waals surface area contributed by atoms with Crippen LogP contribution in [0.3, 0.4) is 0 Å². The fourth-order valence-corrected chi connectivity index (χ4v) is 0.340. The van der Waals surface area contributed by atoms with Crippen molar-refractivity contribution >= 4 is 0 Å². The summed E-state index contributed by atoms with van der Waals surface area (Å²) in [6, 6.07) is 0. The van der Waals surface area contributed by atoms with E-state index in [-0.39, 0.29) is 5.54 Å². The molecule has 1 rings (SSSR count). The Morgan fingerprint density at radius 1 is 1.19 bits per heavy atom. The van der Waals surface area contributed by atoms with Gasteiger partial charge in [0.15, 0.2) is 0 Å². The van der Waals surface area contributed by atoms with Crippen LogP contribution in [-0.2, 0) is 20.9 Å². The minimum absolute atomic E-state index is 0.189. The van der Waals surface area contributed by atoms with E-state index in [9.17, 15) is 0 Å². The molecule has 0 atom stereocenters. The Morgan fingerprint density at radius 3 is 1.62 bits per heavy atom. The zero-order valence-corrected chi connectivity index (χ0v) is 13.5. The first kappa shape index (κ1) is 18.3. The molecule has 0 unspecified atom stereocenters. The second kappa shape index (κ2) is 9.06. The fraction of sp³-hybridized carbons (Fsp3) is 0.692. The molecule has 0 aromatic rings. The Bertz CT molecular complexity index is 215. The van der Waals surface area contributed by atoms with Crippen molar-refractivity contribution in [2.75, 3.05) is 0 Å². The molecule has 0 saturated carbocycles. The number of hydrogen-bond acceptors (Lipinski definition) is 2. The van der Waals surface area contributed by atoms with Gasteiger partial charge in [-0.1, -0.05) is 0 Å². The molecule has 0 heterocycles. The van der Waals surface area contributed by atoms with Gasteiger partial charge in [-0.05, 0) is 20.8 Å². The van der Waals surface area contributed by atoms with E-state index >= 15 is 0 Å². The minimum Gasteiger partial charge on any atom is -0.273 e. The third-order valence-corrected chi connectivity index (χ3v) is 2.36. The topological polar surface area (TPSA) is 32.6 Å². The summed E-state index contributed by atoms with van der Waals surface area (Å²) in [5, 5.41) is 8.52. The fourth-order valence-electron chi connectivity index (χ4n) is 0.340. The summed E-state index contributed by atoms with van der Waals surface area (Å²) in [6.45, 7) is 11.5. The smallest absolute Gasteiger partial charge is 0.109 e. The van der Waals surface area contributed by atoms with Crippen LogP contribution in [0, 0.1) is 6.08 Å². The molecule has 2 nitrogen and oxygen atoms in total. The summed E-state index contributed by atoms with van der Waals surface area (Å²) >= 11 is 1.52. The number of aliphatic hydroxyl groups is 1. The summed E-state index contributed by atoms with van der Waals surface area (Å²) in [5.74, 6) is 0. The Hall–Kier alpha value is -0.0197. The van der Waals surface area contributed by atoms with Crippen LogP contribution in [0.25, 0.3) is 0 Å². The molecular weight excluding hydrogens is 279 g/mol. The molecule has 0 aromatic heterocycles. The van der Waals surface area contributed by atoms with Gasteiger partial charge in [-0.3, -0.25) is 6.08 Å². The number of rotatable bonds is 0. The summed E-state index contributed by atoms with van der Waals surface area (Å²) in [7, 11) is 0. The standard InChI is InChI=1S/C5H5.C4H9N.C4H10O.Nb/c1-2-4-5-3-1;2*1-4(2,3)5;/h1-3H,4H2;1-3H3;5H,1-3H3;/q-1;;;. The van der Waals surface area contributed by atoms with Gasteiger partial charge in [0.05, 0.1) is 5.60 Å². The maximum absolute atomic E-state index is 8.52. The van der Waals surface area contributed by atoms with Crippen LogP contribution in [0.1, 0.15) is 48.0 Å². The monoisotopic (exact) mass is 303 g/mol. The Balaban J connectivity index is 0. The van der Waals surface area contributed by atoms with Gasteiger partial charge in [0, 0.05) is 0 Å². The summed E-state index contributed by atoms with van der Waals surface area (Å²) < 4.78 is 4.07. The molecule has 1 aliphatic carbocycles. The number of hydrogen-bond donors (Lipinski definition) is 1. The molecule has 0 fully saturated rings. The maximum Gasteiger partial charge on any atom is -0.109 e. The van der Waals surface area contributed by atoms with E-state index in [4.69, 9.17) is 5.11 Å². The van der Waals surface area contributed by atoms with Gasteiger partial charge in [-0.15, -0.1) is 6.42 Å². The van der Waals surface area contributed by atoms with Crippen molar-refractivity contribution in [3.63, 3.8) is 0 Å². The van der Waals surface area contributed by atoms with E-state index in [0.717, 1.165) is 6.42 Å². The van der Waals surface area contributed by atoms with Gasteiger partial charge in [-0.25, -0.2) is 12.2 Å². The van der Waals surface area contributed by atoms with E-state index in [1.807, 2.05) is 12.2 Å². The predicted octanol–water partition coefficient (Wildman–Crippen LogP) is 3.60. The van der Waals surface area contributed by atoms with E-state index < -0.39 is 5.60 Å². The summed E-state index contributed by atoms with van der Waals surface area (Å²) in [6.07, 6.45) is 10.0. The normalized spacial score (nSPS) is 13.4. The Kier molecular flexibility index (Phi) is 10.4. The molecule has 0 radical (unpaired) electrons. The van der Waals surface area contributed by atoms with Crippen LogP contribution in [0.2, 0.25) is 0 Å². The molecule has 0 bridgehead atoms. The van der Waals surface area contributed by atoms with Crippen LogP contribution >= 0.6 is 0 Å². The van der Waals surface area contributed by atoms with Crippen LogP contribution in [0.4, 0.5) is 0 Å². The summed E-state index contributed by atoms with van der Waals surface area (Å²) in [5.41, 5.74) is -0.311. The van der Waals surface area contributed by atoms with Crippen molar-refractivity contribution in [2.24, 2.45) is 3.34 Å². The Labute approximate surface area is 113 Å². The van der Waals surface area contributed by atoms with Gasteiger partial charge in [0.1, 0.15) is 0 Å². The third-order valence-electron chi connectivity index (χ3n) is 0.886. The first-order valence-corrected chi connectivity index (χ1v) is 6.35. The molecule has 0 aromatic carbocycles. The molecule has 0 saturated heterocycles. The Morgan fingerprint density at radius 2 is 1.56 bits per heavy atom. The second-order valence-electron chi connectivity index (χ2n) is 5.44. The van der Waals surface area contributed by atoms with Crippen molar-refractivity contribution in [1.82, 2.24) is 0 Å². The molecule has 0 amide bonds. The zero-order chi connectivity index (χ0) is 13.2. The largest absolute Gasteiger partial charge is 0.273 e. The minimum atomic E-state index is -0.500. The van der Waals surface area contributed by atoms with Crippen LogP contribution in [0.5, 0.6) is 0 Å². The molecule has 0 spiro atoms. The van der Waals surface area contributed by atoms with Crippen molar-refractivity contribution in [3.8, 4) is 0 Å². The molecule has 3 heteroatoms. The molecule has 1 N–H and O–H groups in total. The summed E-state index contributed by atoms with van der Waals surface area (Å²) in [4.78, 5) is 0. The average molecular weight is 303 g/mol. The second-order valence-corrected chi connectivity index (χ2v) is 5.94. The van der Waals surface area contributed by atoms with Gasteiger partial charge in [0.2, 0.25) is 0 Å². The maximum atomic E-state index is 8.52. The third kappa shape index (κ3) is 37.0. The molecular formula is C13H24NNbO-. The van der Waals surface area contributed by atoms with Gasteiger partial charge in [0.25, 0.3) is 0 Å². The van der Waals surface area contributed by atoms with E-state index in [0.29, 0.717) is 0 Å². The van der Waals surface area contributed by atoms with Crippen LogP contribution < -0.4 is 0 Å². The quantitative estimate of drug-likeness (QED) is 0.538. The van der Waals surface area contributed by atoms with Gasteiger partial charge >= 0.3 is 50.5 Å². The molecule has 0 aliphatic heterocycles. The SMILES string of the molecule is CC(C)(C)O.CC(C)(C)[N]=[Nb].[C-]1=CC=CC1. The van der Waals surface area contributed by atoms with Crippen molar-refractivity contribution in [2.45, 2.75) is 59.1 Å². The number of allylic oxidation sites excluding steroid dienone is 4. The van der Waals surface area contributed by atoms with E-state index in [1.165, 1.54) is 20.9 Å². The van der Waals surface area contributed by atoms with E-state index in [2.05, 4.69) is 36.3 Å². The van der Waals surface area contributed by atoms with Gasteiger partial charge < -0.3 is 5.11 Å². The zero-order valence-electron chi connectivity index (χ0n) is 11.3. The van der Waals surface area contributed by atoms with Crippen LogP contribution in [0.15, 0.2) is 21.6 Å². The van der Waals surface area contributed by atoms with Gasteiger partial charge in [-0.2, -0.15) is 6.08 Å². The molecule has 1 aliphatic rings. The van der Waals surface area contributed by atoms with E-state index in [1.54, 1.807) is 20.8 Å². The average Bonchev–Trinajstić information content (AvgIpc) is 2.56. The van der Waals surface area contributed by atoms with Crippen LogP contribution in [-0.4, -0.2) is 16.2 Å². The first-order valence-electron chi connectivity index (χ1n) is 5.36. The number of nitrogens with zero attached hydrogens (tertiary/aromatic N) is 1.